The fourth-order valence-electron chi connectivity index (χ4n) is 4.67. The molecule has 2 aromatic heterocycles. The van der Waals surface area contributed by atoms with Crippen LogP contribution in [0, 0.1) is 6.92 Å². The average molecular weight is 515 g/mol. The molecule has 0 saturated carbocycles. The zero-order valence-electron chi connectivity index (χ0n) is 22.8. The highest BCUT2D eigenvalue weighted by Crippen LogP contribution is 2.42. The number of ketones is 1. The lowest BCUT2D eigenvalue weighted by atomic mass is 9.88. The summed E-state index contributed by atoms with van der Waals surface area (Å²) in [5, 5.41) is 10.5. The Hall–Kier alpha value is -3.84. The molecule has 0 aliphatic carbocycles. The van der Waals surface area contributed by atoms with E-state index in [1.54, 1.807) is 26.8 Å². The van der Waals surface area contributed by atoms with Gasteiger partial charge in [0.1, 0.15) is 11.4 Å². The molecule has 5 rings (SSSR count). The first-order valence-corrected chi connectivity index (χ1v) is 12.8. The summed E-state index contributed by atoms with van der Waals surface area (Å²) in [5.74, 6) is 0.470. The normalized spacial score (nSPS) is 12.5. The van der Waals surface area contributed by atoms with Crippen molar-refractivity contribution in [3.63, 3.8) is 0 Å². The van der Waals surface area contributed by atoms with Crippen LogP contribution >= 0.6 is 0 Å². The molecular weight excluding hydrogens is 480 g/mol. The van der Waals surface area contributed by atoms with Crippen LogP contribution in [0.25, 0.3) is 32.9 Å². The number of ether oxygens (including phenoxy) is 2. The summed E-state index contributed by atoms with van der Waals surface area (Å²) in [6, 6.07) is 11.8. The molecule has 0 spiro atoms. The van der Waals surface area contributed by atoms with Gasteiger partial charge in [0, 0.05) is 49.2 Å². The quantitative estimate of drug-likeness (QED) is 0.266. The molecule has 1 N–H and O–H groups in total. The summed E-state index contributed by atoms with van der Waals surface area (Å²) >= 11 is 0. The number of Topliss-reactive ketones (excluding diaryl/α,β-unsaturated/α-hetero) is 1. The molecule has 2 aromatic carbocycles. The monoisotopic (exact) mass is 514 g/mol. The van der Waals surface area contributed by atoms with Gasteiger partial charge in [-0.25, -0.2) is 4.98 Å². The minimum Gasteiger partial charge on any atom is -0.493 e. The van der Waals surface area contributed by atoms with E-state index in [9.17, 15) is 9.59 Å². The average Bonchev–Trinajstić information content (AvgIpc) is 2.83. The Morgan fingerprint density at radius 3 is 2.53 bits per heavy atom. The Morgan fingerprint density at radius 1 is 1.11 bits per heavy atom. The van der Waals surface area contributed by atoms with Crippen molar-refractivity contribution in [3.05, 3.63) is 65.0 Å². The molecule has 198 valence electrons. The van der Waals surface area contributed by atoms with Gasteiger partial charge in [-0.2, -0.15) is 0 Å². The van der Waals surface area contributed by atoms with Gasteiger partial charge in [0.2, 0.25) is 0 Å². The van der Waals surface area contributed by atoms with Crippen LogP contribution in [0.1, 0.15) is 61.8 Å². The van der Waals surface area contributed by atoms with Crippen molar-refractivity contribution in [3.8, 4) is 16.9 Å². The minimum absolute atomic E-state index is 0.0737. The van der Waals surface area contributed by atoms with E-state index < -0.39 is 5.60 Å². The van der Waals surface area contributed by atoms with E-state index in [4.69, 9.17) is 19.6 Å². The smallest absolute Gasteiger partial charge is 0.302 e. The molecule has 0 amide bonds. The Kier molecular flexibility index (Phi) is 7.78. The predicted octanol–water partition coefficient (Wildman–Crippen LogP) is 5.78. The van der Waals surface area contributed by atoms with Gasteiger partial charge >= 0.3 is 5.97 Å². The highest BCUT2D eigenvalue weighted by Gasteiger charge is 2.22. The second-order valence-corrected chi connectivity index (χ2v) is 10.5. The largest absolute Gasteiger partial charge is 0.493 e. The molecular formula is C31H34N2O5. The molecule has 0 atom stereocenters. The van der Waals surface area contributed by atoms with Crippen molar-refractivity contribution in [2.45, 2.75) is 60.0 Å². The number of hydrogen-bond acceptors (Lipinski definition) is 7. The van der Waals surface area contributed by atoms with Gasteiger partial charge in [0.15, 0.2) is 5.78 Å². The van der Waals surface area contributed by atoms with Gasteiger partial charge in [0.25, 0.3) is 0 Å². The van der Waals surface area contributed by atoms with Crippen LogP contribution in [0.5, 0.6) is 5.75 Å². The van der Waals surface area contributed by atoms with Crippen molar-refractivity contribution in [2.24, 2.45) is 0 Å². The van der Waals surface area contributed by atoms with E-state index >= 15 is 0 Å². The van der Waals surface area contributed by atoms with Gasteiger partial charge in [0.05, 0.1) is 29.8 Å². The van der Waals surface area contributed by atoms with Crippen LogP contribution in [-0.2, 0) is 22.4 Å². The maximum absolute atomic E-state index is 12.0. The Bertz CT molecular complexity index is 1520. The highest BCUT2D eigenvalue weighted by atomic mass is 16.5. The van der Waals surface area contributed by atoms with Gasteiger partial charge in [-0.3, -0.25) is 14.6 Å². The number of carbonyl (C=O) groups is 2. The highest BCUT2D eigenvalue weighted by molar-refractivity contribution is 6.08. The molecule has 0 saturated heterocycles. The number of pyridine rings is 2. The molecule has 1 aliphatic rings. The van der Waals surface area contributed by atoms with Crippen LogP contribution in [0.4, 0.5) is 0 Å². The first kappa shape index (κ1) is 27.2. The third-order valence-electron chi connectivity index (χ3n) is 6.18. The van der Waals surface area contributed by atoms with E-state index in [-0.39, 0.29) is 18.4 Å². The number of aryl methyl sites for hydroxylation is 1. The molecule has 4 aromatic rings. The standard InChI is InChI=1S/C27H24N2O4.C4H10O/c1-15-14-23-20(4-6-22(29-23)16(2)30)26(19(15)10-13-32-17(3)31)21-5-7-24-25-18(9-12-33-24)8-11-28-27(21)25;1-4(2,3)5/h4-8,11,14H,9-10,12-13H2,1-3H3;5H,1-3H3. The second-order valence-electron chi connectivity index (χ2n) is 10.5. The number of aliphatic hydroxyl groups is 1. The Labute approximate surface area is 222 Å². The molecule has 0 unspecified atom stereocenters. The van der Waals surface area contributed by atoms with Crippen LogP contribution in [0.15, 0.2) is 42.6 Å². The number of hydrogen-bond donors (Lipinski definition) is 1. The summed E-state index contributed by atoms with van der Waals surface area (Å²) in [6.07, 6.45) is 3.25. The summed E-state index contributed by atoms with van der Waals surface area (Å²) in [7, 11) is 0. The van der Waals surface area contributed by atoms with Gasteiger partial charge in [-0.15, -0.1) is 0 Å². The molecule has 7 nitrogen and oxygen atoms in total. The number of carbonyl (C=O) groups excluding carboxylic acids is 2. The zero-order chi connectivity index (χ0) is 27.6. The molecule has 0 radical (unpaired) electrons. The molecule has 1 aliphatic heterocycles. The van der Waals surface area contributed by atoms with Gasteiger partial charge < -0.3 is 14.6 Å². The molecule has 3 heterocycles. The van der Waals surface area contributed by atoms with E-state index in [1.165, 1.54) is 19.4 Å². The van der Waals surface area contributed by atoms with Crippen molar-refractivity contribution in [1.82, 2.24) is 9.97 Å². The lowest BCUT2D eigenvalue weighted by Gasteiger charge is -2.22. The van der Waals surface area contributed by atoms with E-state index in [0.717, 1.165) is 56.2 Å². The van der Waals surface area contributed by atoms with E-state index in [0.29, 0.717) is 18.7 Å². The van der Waals surface area contributed by atoms with Crippen molar-refractivity contribution in [1.29, 1.82) is 0 Å². The topological polar surface area (TPSA) is 98.6 Å². The summed E-state index contributed by atoms with van der Waals surface area (Å²) < 4.78 is 11.2. The maximum atomic E-state index is 12.0. The maximum Gasteiger partial charge on any atom is 0.302 e. The number of rotatable bonds is 5. The van der Waals surface area contributed by atoms with Gasteiger partial charge in [-0.1, -0.05) is 0 Å². The zero-order valence-corrected chi connectivity index (χ0v) is 22.8. The Morgan fingerprint density at radius 2 is 1.84 bits per heavy atom. The van der Waals surface area contributed by atoms with E-state index in [1.807, 2.05) is 37.4 Å². The third kappa shape index (κ3) is 6.00. The number of benzene rings is 2. The minimum atomic E-state index is -0.500. The molecule has 38 heavy (non-hydrogen) atoms. The van der Waals surface area contributed by atoms with Crippen LogP contribution < -0.4 is 4.74 Å². The van der Waals surface area contributed by atoms with Crippen LogP contribution in [-0.4, -0.2) is 45.6 Å². The number of fused-ring (bicyclic) bond motifs is 1. The number of aromatic nitrogens is 2. The van der Waals surface area contributed by atoms with E-state index in [2.05, 4.69) is 11.1 Å². The molecule has 0 fully saturated rings. The van der Waals surface area contributed by atoms with Crippen molar-refractivity contribution >= 4 is 33.6 Å². The Balaban J connectivity index is 0.000000617. The van der Waals surface area contributed by atoms with Gasteiger partial charge in [-0.05, 0) is 86.3 Å². The van der Waals surface area contributed by atoms with Crippen molar-refractivity contribution in [2.75, 3.05) is 13.2 Å². The number of nitrogens with zero attached hydrogens (tertiary/aromatic N) is 2. The predicted molar refractivity (Wildman–Crippen MR) is 149 cm³/mol. The first-order chi connectivity index (χ1) is 17.9. The summed E-state index contributed by atoms with van der Waals surface area (Å²) in [4.78, 5) is 32.7. The van der Waals surface area contributed by atoms with Crippen LogP contribution in [0.2, 0.25) is 0 Å². The SMILES string of the molecule is CC(=O)OCCc1c(C)cc2nc(C(C)=O)ccc2c1-c1ccc2c3c(ccnc13)CCO2.CC(C)(C)O. The lowest BCUT2D eigenvalue weighted by molar-refractivity contribution is -0.140. The number of esters is 1. The van der Waals surface area contributed by atoms with Crippen LogP contribution in [0.3, 0.4) is 0 Å². The molecule has 0 bridgehead atoms. The third-order valence-corrected chi connectivity index (χ3v) is 6.18. The van der Waals surface area contributed by atoms with Crippen molar-refractivity contribution < 1.29 is 24.2 Å². The molecule has 7 heteroatoms. The summed E-state index contributed by atoms with van der Waals surface area (Å²) in [5.41, 5.74) is 6.85. The first-order valence-electron chi connectivity index (χ1n) is 12.8. The second kappa shape index (κ2) is 10.9. The fraction of sp³-hybridized carbons (Fsp3) is 0.355. The summed E-state index contributed by atoms with van der Waals surface area (Å²) in [6.45, 7) is 11.1. The fourth-order valence-corrected chi connectivity index (χ4v) is 4.67. The lowest BCUT2D eigenvalue weighted by Crippen LogP contribution is -2.10.